The lowest BCUT2D eigenvalue weighted by Gasteiger charge is -2.23. The standard InChI is InChI=1S/C17H26ClN/c1-3-13(4-2)11-14(12-19-15-9-10-15)16-7-5-6-8-17(16)18/h5-8,13-15,19H,3-4,9-12H2,1-2H3. The van der Waals surface area contributed by atoms with Crippen molar-refractivity contribution in [3.05, 3.63) is 34.9 Å². The molecular formula is C17H26ClN. The third-order valence-electron chi connectivity index (χ3n) is 4.35. The minimum Gasteiger partial charge on any atom is -0.313 e. The quantitative estimate of drug-likeness (QED) is 0.706. The van der Waals surface area contributed by atoms with Crippen LogP contribution in [-0.2, 0) is 0 Å². The van der Waals surface area contributed by atoms with E-state index in [1.807, 2.05) is 12.1 Å². The molecule has 0 amide bonds. The fourth-order valence-corrected chi connectivity index (χ4v) is 3.04. The molecule has 1 saturated carbocycles. The first-order valence-electron chi connectivity index (χ1n) is 7.72. The number of nitrogens with one attached hydrogen (secondary N) is 1. The molecule has 1 aliphatic carbocycles. The van der Waals surface area contributed by atoms with Crippen LogP contribution in [-0.4, -0.2) is 12.6 Å². The molecule has 0 radical (unpaired) electrons. The monoisotopic (exact) mass is 279 g/mol. The van der Waals surface area contributed by atoms with E-state index < -0.39 is 0 Å². The minimum atomic E-state index is 0.555. The van der Waals surface area contributed by atoms with Crippen LogP contribution >= 0.6 is 11.6 Å². The molecular weight excluding hydrogens is 254 g/mol. The molecule has 19 heavy (non-hydrogen) atoms. The van der Waals surface area contributed by atoms with Gasteiger partial charge in [0.25, 0.3) is 0 Å². The topological polar surface area (TPSA) is 12.0 Å². The van der Waals surface area contributed by atoms with Gasteiger partial charge in [0.1, 0.15) is 0 Å². The second-order valence-electron chi connectivity index (χ2n) is 5.82. The molecule has 0 aromatic heterocycles. The predicted molar refractivity (Wildman–Crippen MR) is 83.9 cm³/mol. The summed E-state index contributed by atoms with van der Waals surface area (Å²) in [6.45, 7) is 5.67. The van der Waals surface area contributed by atoms with Gasteiger partial charge in [0, 0.05) is 17.6 Å². The van der Waals surface area contributed by atoms with E-state index in [1.54, 1.807) is 0 Å². The largest absolute Gasteiger partial charge is 0.313 e. The second kappa shape index (κ2) is 7.31. The first kappa shape index (κ1) is 14.9. The molecule has 2 heteroatoms. The van der Waals surface area contributed by atoms with E-state index in [-0.39, 0.29) is 0 Å². The van der Waals surface area contributed by atoms with Gasteiger partial charge in [-0.05, 0) is 42.7 Å². The highest BCUT2D eigenvalue weighted by atomic mass is 35.5. The summed E-state index contributed by atoms with van der Waals surface area (Å²) in [5.74, 6) is 1.36. The van der Waals surface area contributed by atoms with Gasteiger partial charge < -0.3 is 5.32 Å². The Hall–Kier alpha value is -0.530. The summed E-state index contributed by atoms with van der Waals surface area (Å²) in [7, 11) is 0. The highest BCUT2D eigenvalue weighted by Gasteiger charge is 2.24. The Morgan fingerprint density at radius 2 is 1.89 bits per heavy atom. The SMILES string of the molecule is CCC(CC)CC(CNC1CC1)c1ccccc1Cl. The Morgan fingerprint density at radius 3 is 2.47 bits per heavy atom. The Morgan fingerprint density at radius 1 is 1.21 bits per heavy atom. The van der Waals surface area contributed by atoms with Crippen molar-refractivity contribution < 1.29 is 0 Å². The average Bonchev–Trinajstić information content (AvgIpc) is 3.24. The predicted octanol–water partition coefficient (Wildman–Crippen LogP) is 5.00. The third-order valence-corrected chi connectivity index (χ3v) is 4.69. The molecule has 1 aromatic rings. The maximum absolute atomic E-state index is 6.39. The molecule has 1 atom stereocenters. The Labute approximate surface area is 122 Å². The van der Waals surface area contributed by atoms with Crippen LogP contribution in [0.2, 0.25) is 5.02 Å². The van der Waals surface area contributed by atoms with Crippen molar-refractivity contribution in [2.24, 2.45) is 5.92 Å². The van der Waals surface area contributed by atoms with E-state index in [2.05, 4.69) is 31.3 Å². The van der Waals surface area contributed by atoms with Crippen LogP contribution in [0.1, 0.15) is 57.4 Å². The molecule has 0 heterocycles. The number of benzene rings is 1. The van der Waals surface area contributed by atoms with Crippen molar-refractivity contribution in [3.8, 4) is 0 Å². The Balaban J connectivity index is 2.05. The van der Waals surface area contributed by atoms with Gasteiger partial charge in [0.15, 0.2) is 0 Å². The molecule has 0 bridgehead atoms. The highest BCUT2D eigenvalue weighted by molar-refractivity contribution is 6.31. The lowest BCUT2D eigenvalue weighted by atomic mass is 9.86. The van der Waals surface area contributed by atoms with Gasteiger partial charge >= 0.3 is 0 Å². The summed E-state index contributed by atoms with van der Waals surface area (Å²) in [5, 5.41) is 4.60. The maximum atomic E-state index is 6.39. The first-order chi connectivity index (χ1) is 9.24. The summed E-state index contributed by atoms with van der Waals surface area (Å²) in [5.41, 5.74) is 1.32. The fourth-order valence-electron chi connectivity index (χ4n) is 2.75. The van der Waals surface area contributed by atoms with Crippen LogP contribution < -0.4 is 5.32 Å². The number of hydrogen-bond donors (Lipinski definition) is 1. The van der Waals surface area contributed by atoms with Crippen molar-refractivity contribution in [3.63, 3.8) is 0 Å². The van der Waals surface area contributed by atoms with Crippen LogP contribution in [0.25, 0.3) is 0 Å². The molecule has 1 unspecified atom stereocenters. The van der Waals surface area contributed by atoms with Gasteiger partial charge in [0.2, 0.25) is 0 Å². The van der Waals surface area contributed by atoms with E-state index in [0.717, 1.165) is 23.5 Å². The van der Waals surface area contributed by atoms with E-state index in [4.69, 9.17) is 11.6 Å². The smallest absolute Gasteiger partial charge is 0.0441 e. The molecule has 0 aliphatic heterocycles. The second-order valence-corrected chi connectivity index (χ2v) is 6.23. The van der Waals surface area contributed by atoms with E-state index >= 15 is 0 Å². The summed E-state index contributed by atoms with van der Waals surface area (Å²) in [6, 6.07) is 9.12. The first-order valence-corrected chi connectivity index (χ1v) is 8.10. The van der Waals surface area contributed by atoms with Crippen molar-refractivity contribution in [1.29, 1.82) is 0 Å². The molecule has 1 aliphatic rings. The minimum absolute atomic E-state index is 0.555. The lowest BCUT2D eigenvalue weighted by molar-refractivity contribution is 0.397. The zero-order valence-electron chi connectivity index (χ0n) is 12.2. The summed E-state index contributed by atoms with van der Waals surface area (Å²) in [6.07, 6.45) is 6.47. The van der Waals surface area contributed by atoms with Crippen LogP contribution in [0.15, 0.2) is 24.3 Å². The van der Waals surface area contributed by atoms with Crippen molar-refractivity contribution in [1.82, 2.24) is 5.32 Å². The van der Waals surface area contributed by atoms with Crippen molar-refractivity contribution in [2.45, 2.75) is 57.9 Å². The average molecular weight is 280 g/mol. The molecule has 106 valence electrons. The molecule has 1 aromatic carbocycles. The van der Waals surface area contributed by atoms with Gasteiger partial charge in [-0.15, -0.1) is 0 Å². The molecule has 1 fully saturated rings. The van der Waals surface area contributed by atoms with Crippen LogP contribution in [0.3, 0.4) is 0 Å². The van der Waals surface area contributed by atoms with Crippen molar-refractivity contribution in [2.75, 3.05) is 6.54 Å². The number of hydrogen-bond acceptors (Lipinski definition) is 1. The number of halogens is 1. The molecule has 0 spiro atoms. The Bertz CT molecular complexity index is 383. The third kappa shape index (κ3) is 4.50. The van der Waals surface area contributed by atoms with E-state index in [1.165, 1.54) is 37.7 Å². The summed E-state index contributed by atoms with van der Waals surface area (Å²) >= 11 is 6.39. The summed E-state index contributed by atoms with van der Waals surface area (Å²) in [4.78, 5) is 0. The van der Waals surface area contributed by atoms with E-state index in [0.29, 0.717) is 5.92 Å². The van der Waals surface area contributed by atoms with Gasteiger partial charge in [-0.3, -0.25) is 0 Å². The fraction of sp³-hybridized carbons (Fsp3) is 0.647. The zero-order valence-corrected chi connectivity index (χ0v) is 12.9. The highest BCUT2D eigenvalue weighted by Crippen LogP contribution is 2.32. The van der Waals surface area contributed by atoms with E-state index in [9.17, 15) is 0 Å². The van der Waals surface area contributed by atoms with Gasteiger partial charge in [-0.25, -0.2) is 0 Å². The normalized spacial score (nSPS) is 16.8. The van der Waals surface area contributed by atoms with Gasteiger partial charge in [-0.2, -0.15) is 0 Å². The zero-order chi connectivity index (χ0) is 13.7. The molecule has 0 saturated heterocycles. The van der Waals surface area contributed by atoms with Crippen molar-refractivity contribution >= 4 is 11.6 Å². The lowest BCUT2D eigenvalue weighted by Crippen LogP contribution is -2.25. The van der Waals surface area contributed by atoms with Gasteiger partial charge in [0.05, 0.1) is 0 Å². The van der Waals surface area contributed by atoms with Crippen LogP contribution in [0, 0.1) is 5.92 Å². The molecule has 1 N–H and O–H groups in total. The Kier molecular flexibility index (Phi) is 5.72. The maximum Gasteiger partial charge on any atom is 0.0441 e. The van der Waals surface area contributed by atoms with Gasteiger partial charge in [-0.1, -0.05) is 56.5 Å². The van der Waals surface area contributed by atoms with Crippen LogP contribution in [0.5, 0.6) is 0 Å². The number of rotatable bonds is 8. The summed E-state index contributed by atoms with van der Waals surface area (Å²) < 4.78 is 0. The molecule has 2 rings (SSSR count). The van der Waals surface area contributed by atoms with Crippen LogP contribution in [0.4, 0.5) is 0 Å². The molecule has 1 nitrogen and oxygen atoms in total.